The van der Waals surface area contributed by atoms with Gasteiger partial charge in [0.2, 0.25) is 0 Å². The lowest BCUT2D eigenvalue weighted by Crippen LogP contribution is -2.09. The second-order valence-corrected chi connectivity index (χ2v) is 4.32. The zero-order chi connectivity index (χ0) is 12.3. The molecule has 0 aromatic carbocycles. The molecule has 0 fully saturated rings. The van der Waals surface area contributed by atoms with Gasteiger partial charge in [0.1, 0.15) is 0 Å². The van der Waals surface area contributed by atoms with Crippen molar-refractivity contribution in [3.05, 3.63) is 30.1 Å². The van der Waals surface area contributed by atoms with E-state index in [1.807, 2.05) is 30.5 Å². The van der Waals surface area contributed by atoms with Gasteiger partial charge in [-0.3, -0.25) is 0 Å². The maximum absolute atomic E-state index is 4.17. The SMILES string of the molecule is CNCc1cn(Cc2cncn2C(C)C)nn1. The Morgan fingerprint density at radius 2 is 2.24 bits per heavy atom. The van der Waals surface area contributed by atoms with Gasteiger partial charge in [-0.15, -0.1) is 5.10 Å². The molecular weight excluding hydrogens is 216 g/mol. The van der Waals surface area contributed by atoms with Crippen LogP contribution in [0.1, 0.15) is 31.3 Å². The minimum Gasteiger partial charge on any atom is -0.330 e. The highest BCUT2D eigenvalue weighted by molar-refractivity contribution is 5.01. The van der Waals surface area contributed by atoms with E-state index >= 15 is 0 Å². The lowest BCUT2D eigenvalue weighted by atomic mass is 10.3. The number of nitrogens with zero attached hydrogens (tertiary/aromatic N) is 5. The van der Waals surface area contributed by atoms with Crippen molar-refractivity contribution in [1.29, 1.82) is 0 Å². The third-order valence-corrected chi connectivity index (χ3v) is 2.57. The van der Waals surface area contributed by atoms with E-state index in [0.29, 0.717) is 12.6 Å². The predicted octanol–water partition coefficient (Wildman–Crippen LogP) is 0.823. The van der Waals surface area contributed by atoms with Crippen molar-refractivity contribution in [2.75, 3.05) is 7.05 Å². The minimum atomic E-state index is 0.410. The van der Waals surface area contributed by atoms with E-state index in [2.05, 4.69) is 39.0 Å². The van der Waals surface area contributed by atoms with E-state index in [9.17, 15) is 0 Å². The number of aromatic nitrogens is 5. The van der Waals surface area contributed by atoms with Crippen molar-refractivity contribution in [2.45, 2.75) is 33.0 Å². The fourth-order valence-electron chi connectivity index (χ4n) is 1.76. The lowest BCUT2D eigenvalue weighted by Gasteiger charge is -2.11. The van der Waals surface area contributed by atoms with Crippen molar-refractivity contribution in [2.24, 2.45) is 0 Å². The standard InChI is InChI=1S/C11H18N6/c1-9(2)17-8-13-5-11(17)7-16-6-10(4-12-3)14-15-16/h5-6,8-9,12H,4,7H2,1-3H3. The lowest BCUT2D eigenvalue weighted by molar-refractivity contribution is 0.541. The van der Waals surface area contributed by atoms with Gasteiger partial charge in [-0.2, -0.15) is 0 Å². The molecule has 0 aliphatic heterocycles. The van der Waals surface area contributed by atoms with E-state index in [0.717, 1.165) is 17.9 Å². The third-order valence-electron chi connectivity index (χ3n) is 2.57. The highest BCUT2D eigenvalue weighted by Gasteiger charge is 2.07. The fourth-order valence-corrected chi connectivity index (χ4v) is 1.76. The number of hydrogen-bond donors (Lipinski definition) is 1. The van der Waals surface area contributed by atoms with Crippen molar-refractivity contribution in [3.63, 3.8) is 0 Å². The predicted molar refractivity (Wildman–Crippen MR) is 64.5 cm³/mol. The van der Waals surface area contributed by atoms with Gasteiger partial charge in [0, 0.05) is 12.6 Å². The van der Waals surface area contributed by atoms with Crippen molar-refractivity contribution < 1.29 is 0 Å². The van der Waals surface area contributed by atoms with Gasteiger partial charge in [0.05, 0.1) is 36.7 Å². The van der Waals surface area contributed by atoms with Gasteiger partial charge in [-0.25, -0.2) is 9.67 Å². The van der Waals surface area contributed by atoms with Crippen molar-refractivity contribution in [1.82, 2.24) is 29.9 Å². The Hall–Kier alpha value is -1.69. The molecule has 1 N–H and O–H groups in total. The molecule has 92 valence electrons. The van der Waals surface area contributed by atoms with E-state index in [1.54, 1.807) is 0 Å². The minimum absolute atomic E-state index is 0.410. The van der Waals surface area contributed by atoms with Crippen molar-refractivity contribution >= 4 is 0 Å². The molecule has 0 radical (unpaired) electrons. The monoisotopic (exact) mass is 234 g/mol. The first-order valence-corrected chi connectivity index (χ1v) is 5.75. The molecule has 2 aromatic heterocycles. The van der Waals surface area contributed by atoms with Crippen LogP contribution in [0.25, 0.3) is 0 Å². The summed E-state index contributed by atoms with van der Waals surface area (Å²) in [7, 11) is 1.90. The first kappa shape index (κ1) is 11.8. The molecule has 0 atom stereocenters. The molecule has 0 unspecified atom stereocenters. The Morgan fingerprint density at radius 3 is 2.94 bits per heavy atom. The largest absolute Gasteiger partial charge is 0.330 e. The number of rotatable bonds is 5. The second-order valence-electron chi connectivity index (χ2n) is 4.32. The molecule has 0 spiro atoms. The molecule has 2 aromatic rings. The van der Waals surface area contributed by atoms with Gasteiger partial charge in [-0.05, 0) is 20.9 Å². The van der Waals surface area contributed by atoms with Crippen LogP contribution in [0.5, 0.6) is 0 Å². The van der Waals surface area contributed by atoms with E-state index < -0.39 is 0 Å². The molecule has 17 heavy (non-hydrogen) atoms. The maximum atomic E-state index is 4.17. The maximum Gasteiger partial charge on any atom is 0.0964 e. The van der Waals surface area contributed by atoms with Gasteiger partial charge in [0.25, 0.3) is 0 Å². The average molecular weight is 234 g/mol. The summed E-state index contributed by atoms with van der Waals surface area (Å²) in [5.74, 6) is 0. The summed E-state index contributed by atoms with van der Waals surface area (Å²) in [6, 6.07) is 0.410. The Bertz CT molecular complexity index is 470. The van der Waals surface area contributed by atoms with E-state index in [1.165, 1.54) is 0 Å². The molecule has 6 heteroatoms. The number of imidazole rings is 1. The van der Waals surface area contributed by atoms with E-state index in [-0.39, 0.29) is 0 Å². The molecular formula is C11H18N6. The van der Waals surface area contributed by atoms with Crippen LogP contribution >= 0.6 is 0 Å². The fraction of sp³-hybridized carbons (Fsp3) is 0.545. The summed E-state index contributed by atoms with van der Waals surface area (Å²) in [6.07, 6.45) is 5.68. The number of hydrogen-bond acceptors (Lipinski definition) is 4. The topological polar surface area (TPSA) is 60.6 Å². The van der Waals surface area contributed by atoms with E-state index in [4.69, 9.17) is 0 Å². The summed E-state index contributed by atoms with van der Waals surface area (Å²) in [5.41, 5.74) is 2.09. The van der Waals surface area contributed by atoms with Crippen LogP contribution in [0, 0.1) is 0 Å². The molecule has 0 bridgehead atoms. The first-order chi connectivity index (χ1) is 8.20. The van der Waals surface area contributed by atoms with Gasteiger partial charge >= 0.3 is 0 Å². The molecule has 0 aliphatic rings. The highest BCUT2D eigenvalue weighted by Crippen LogP contribution is 2.09. The third kappa shape index (κ3) is 2.71. The van der Waals surface area contributed by atoms with Crippen LogP contribution in [0.2, 0.25) is 0 Å². The Kier molecular flexibility index (Phi) is 3.53. The molecule has 0 saturated carbocycles. The summed E-state index contributed by atoms with van der Waals surface area (Å²) >= 11 is 0. The Balaban J connectivity index is 2.11. The summed E-state index contributed by atoms with van der Waals surface area (Å²) in [4.78, 5) is 4.17. The van der Waals surface area contributed by atoms with Gasteiger partial charge in [-0.1, -0.05) is 5.21 Å². The zero-order valence-electron chi connectivity index (χ0n) is 10.5. The molecule has 2 rings (SSSR count). The van der Waals surface area contributed by atoms with Crippen molar-refractivity contribution in [3.8, 4) is 0 Å². The quantitative estimate of drug-likeness (QED) is 0.832. The summed E-state index contributed by atoms with van der Waals surface area (Å²) in [5, 5.41) is 11.2. The zero-order valence-corrected chi connectivity index (χ0v) is 10.5. The molecule has 0 amide bonds. The molecule has 0 saturated heterocycles. The van der Waals surface area contributed by atoms with Crippen LogP contribution in [-0.2, 0) is 13.1 Å². The van der Waals surface area contributed by atoms with Gasteiger partial charge < -0.3 is 9.88 Å². The van der Waals surface area contributed by atoms with Crippen LogP contribution < -0.4 is 5.32 Å². The Morgan fingerprint density at radius 1 is 1.41 bits per heavy atom. The van der Waals surface area contributed by atoms with Crippen LogP contribution in [0.3, 0.4) is 0 Å². The highest BCUT2D eigenvalue weighted by atomic mass is 15.4. The Labute approximate surface area is 101 Å². The average Bonchev–Trinajstić information content (AvgIpc) is 2.89. The van der Waals surface area contributed by atoms with Gasteiger partial charge in [0.15, 0.2) is 0 Å². The van der Waals surface area contributed by atoms with Crippen LogP contribution in [0.15, 0.2) is 18.7 Å². The summed E-state index contributed by atoms with van der Waals surface area (Å²) < 4.78 is 3.97. The normalized spacial score (nSPS) is 11.3. The van der Waals surface area contributed by atoms with Crippen LogP contribution in [0.4, 0.5) is 0 Å². The molecule has 0 aliphatic carbocycles. The molecule has 2 heterocycles. The first-order valence-electron chi connectivity index (χ1n) is 5.75. The second kappa shape index (κ2) is 5.09. The number of nitrogens with one attached hydrogen (secondary N) is 1. The summed E-state index contributed by atoms with van der Waals surface area (Å²) in [6.45, 7) is 5.72. The van der Waals surface area contributed by atoms with Crippen LogP contribution in [-0.4, -0.2) is 31.6 Å². The smallest absolute Gasteiger partial charge is 0.0964 e. The molecule has 6 nitrogen and oxygen atoms in total.